The highest BCUT2D eigenvalue weighted by atomic mass is 35.5. The van der Waals surface area contributed by atoms with E-state index in [4.69, 9.17) is 56.1 Å². The maximum Gasteiger partial charge on any atom is 0.437 e. The molecule has 0 saturated heterocycles. The predicted molar refractivity (Wildman–Crippen MR) is 485 cm³/mol. The van der Waals surface area contributed by atoms with Gasteiger partial charge in [-0.25, -0.2) is 23.9 Å². The van der Waals surface area contributed by atoms with Gasteiger partial charge in [0.1, 0.15) is 22.4 Å². The molecule has 0 bridgehead atoms. The highest BCUT2D eigenvalue weighted by molar-refractivity contribution is 6.01. The van der Waals surface area contributed by atoms with Crippen LogP contribution in [0.2, 0.25) is 0 Å². The average Bonchev–Trinajstić information content (AvgIpc) is 1.68. The van der Waals surface area contributed by atoms with Crippen LogP contribution in [0.5, 0.6) is 0 Å². The van der Waals surface area contributed by atoms with Crippen molar-refractivity contribution in [3.8, 4) is 0 Å². The average molecular weight is 1740 g/mol. The van der Waals surface area contributed by atoms with Gasteiger partial charge in [0.05, 0.1) is 18.3 Å². The number of guanidine groups is 2. The molecular weight excluding hydrogens is 1570 g/mol. The molecular formula is C92H168ClN11O17. The summed E-state index contributed by atoms with van der Waals surface area (Å²) in [5.41, 5.74) is 21.3. The van der Waals surface area contributed by atoms with Crippen molar-refractivity contribution in [2.24, 2.45) is 130 Å². The van der Waals surface area contributed by atoms with Gasteiger partial charge in [-0.1, -0.05) is 106 Å². The van der Waals surface area contributed by atoms with Gasteiger partial charge in [0.2, 0.25) is 11.9 Å². The smallest absolute Gasteiger partial charge is 0.437 e. The van der Waals surface area contributed by atoms with Gasteiger partial charge in [0.25, 0.3) is 5.97 Å². The van der Waals surface area contributed by atoms with Crippen molar-refractivity contribution in [1.29, 1.82) is 0 Å². The Balaban J connectivity index is 0.000000801. The number of nitrogens with zero attached hydrogens (tertiary/aromatic N) is 5. The Kier molecular flexibility index (Phi) is 43.6. The van der Waals surface area contributed by atoms with E-state index in [-0.39, 0.29) is 153 Å². The van der Waals surface area contributed by atoms with Crippen LogP contribution in [-0.4, -0.2) is 186 Å². The number of aromatic nitrogens is 2. The SMILES string of the molecule is C.C.C.C=C1CC[C@H]2[C@H](CN)[C@@H]([C@@]3(C)CC[C@H](O)C[C@@H]3CO)CC[C@]12C.C=C1CC[C@H]2[C@H](CN=C(NC(=O)OC(C)(C)C)NC(=O)OC(C)(C)C)[C@@H]([C@@]3(C)CC[C@H](O)C[C@@H]3CO)CC[C@]12C.CC(=O)O.CC(C)(C)OC(=O)N=C(NC(=O)OC(C)(C)C)n1cccn1.CC1(C)CCC2=C1CC[C@H]([C@@]1(C)CC[C@H](O)C[C@@H]1CO)[C@H]2CN=C(N)N.CO.Cl. The van der Waals surface area contributed by atoms with Crippen LogP contribution in [0.4, 0.5) is 19.2 Å². The van der Waals surface area contributed by atoms with Gasteiger partial charge in [-0.2, -0.15) is 5.10 Å². The molecule has 9 aliphatic carbocycles. The number of aliphatic hydroxyl groups excluding tert-OH is 7. The summed E-state index contributed by atoms with van der Waals surface area (Å²) in [7, 11) is 1.00. The lowest BCUT2D eigenvalue weighted by Crippen LogP contribution is -2.52. The summed E-state index contributed by atoms with van der Waals surface area (Å²) >= 11 is 0. The number of amides is 4. The molecule has 28 nitrogen and oxygen atoms in total. The van der Waals surface area contributed by atoms with Crippen LogP contribution in [0.3, 0.4) is 0 Å². The van der Waals surface area contributed by atoms with Crippen molar-refractivity contribution in [2.45, 2.75) is 336 Å². The third-order valence-corrected chi connectivity index (χ3v) is 27.7. The van der Waals surface area contributed by atoms with Crippen LogP contribution in [0.25, 0.3) is 0 Å². The molecule has 121 heavy (non-hydrogen) atoms. The number of halogens is 1. The summed E-state index contributed by atoms with van der Waals surface area (Å²) in [5.74, 6) is 2.89. The Morgan fingerprint density at radius 3 is 1.29 bits per heavy atom. The molecule has 4 amide bonds. The Morgan fingerprint density at radius 2 is 0.917 bits per heavy atom. The lowest BCUT2D eigenvalue weighted by molar-refractivity contribution is -0.134. The van der Waals surface area contributed by atoms with E-state index in [9.17, 15) is 49.8 Å². The third-order valence-electron chi connectivity index (χ3n) is 27.7. The quantitative estimate of drug-likeness (QED) is 0.0423. The zero-order chi connectivity index (χ0) is 88.6. The molecule has 1 heterocycles. The number of carbonyl (C=O) groups excluding carboxylic acids is 4. The van der Waals surface area contributed by atoms with Crippen molar-refractivity contribution in [2.75, 3.05) is 46.6 Å². The van der Waals surface area contributed by atoms with E-state index < -0.39 is 52.7 Å². The van der Waals surface area contributed by atoms with E-state index in [1.54, 1.807) is 100 Å². The van der Waals surface area contributed by atoms with E-state index in [2.05, 4.69) is 92.7 Å². The van der Waals surface area contributed by atoms with Crippen LogP contribution < -0.4 is 33.2 Å². The number of hydrogen-bond donors (Lipinski definition) is 14. The number of aliphatic hydroxyl groups is 7. The number of carboxylic acids is 1. The molecule has 1 aromatic rings. The number of hydrogen-bond acceptors (Lipinski definition) is 20. The normalized spacial score (nSPS) is 32.1. The fraction of sp³-hybridized carbons (Fsp3) is 0.815. The van der Waals surface area contributed by atoms with Crippen LogP contribution in [0.15, 0.2) is 68.9 Å². The number of allylic oxidation sites excluding steroid dienone is 3. The molecule has 1 aromatic heterocycles. The van der Waals surface area contributed by atoms with Crippen molar-refractivity contribution in [1.82, 2.24) is 25.7 Å². The summed E-state index contributed by atoms with van der Waals surface area (Å²) in [6.07, 6.45) is 19.8. The van der Waals surface area contributed by atoms with E-state index >= 15 is 0 Å². The highest BCUT2D eigenvalue weighted by Crippen LogP contribution is 2.66. The standard InChI is InChI=1S/C31H53N3O6.C21H37N3O2.C20H35NO2.C14H22N4O4.C2H4O2.CH4O.3CH4.ClH/c1-19-10-11-23-22(24(13-15-30(19,23)8)31(9)14-12-21(36)16-20(31)18-35)17-32-25(33-26(37)39-28(2,3)4)34-27(38)40-29(5,6)7;1-20(2)8-7-15-16(11-24-19(22)23)18(5-4-17(15)20)21(3)9-6-14(26)10-13(21)12-25;1-13-4-5-17-16(11-21)18(7-9-19(13,17)2)20(3)8-6-15(23)10-14(20)12-22;1-13(2,3)21-11(19)16-10(18-9-7-8-15-18)17-12(20)22-14(4,5)6;1-2(3)4;1-2;;;;/h20-24,35-36H,1,10-18H2,2-9H3,(H2,32,33,34,37,38);13-14,16,18,25-26H,4-12H2,1-3H3,(H4,22,23,24);14-18,22-23H,1,4-12,21H2,2-3H3;7-9H,1-6H3,(H,16,17,19,20);1H3,(H,3,4);2H,1H3;3*1H4;1H/t20-,21+,22+,23+,24+,30-,31+;13-,14+,16+,18+,21+;14-,15+,16+,17+,18+,19-,20+;;;;;;;/m111......./s1. The first kappa shape index (κ1) is 113. The van der Waals surface area contributed by atoms with Crippen molar-refractivity contribution >= 4 is 60.6 Å². The van der Waals surface area contributed by atoms with E-state index in [0.717, 1.165) is 117 Å². The number of aliphatic carboxylic acids is 1. The van der Waals surface area contributed by atoms with Gasteiger partial charge in [-0.3, -0.25) is 30.7 Å². The maximum absolute atomic E-state index is 12.7. The molecule has 9 aliphatic rings. The fourth-order valence-electron chi connectivity index (χ4n) is 21.6. The minimum absolute atomic E-state index is 0. The lowest BCUT2D eigenvalue weighted by Gasteiger charge is -2.56. The Hall–Kier alpha value is -6.24. The second-order valence-electron chi connectivity index (χ2n) is 40.5. The first-order valence-corrected chi connectivity index (χ1v) is 42.8. The number of carbonyl (C=O) groups is 5. The Labute approximate surface area is 733 Å². The highest BCUT2D eigenvalue weighted by Gasteiger charge is 2.59. The minimum atomic E-state index is -0.839. The number of carboxylic acid groups (broad SMARTS) is 1. The summed E-state index contributed by atoms with van der Waals surface area (Å²) in [6.45, 7) is 49.4. The predicted octanol–water partition coefficient (Wildman–Crippen LogP) is 15.8. The largest absolute Gasteiger partial charge is 0.481 e. The molecule has 0 aliphatic heterocycles. The topological polar surface area (TPSA) is 453 Å². The van der Waals surface area contributed by atoms with Gasteiger partial charge in [-0.15, -0.1) is 17.4 Å². The van der Waals surface area contributed by atoms with Gasteiger partial charge in [0.15, 0.2) is 5.96 Å². The Morgan fingerprint density at radius 1 is 0.537 bits per heavy atom. The number of ether oxygens (including phenoxy) is 4. The van der Waals surface area contributed by atoms with Crippen molar-refractivity contribution < 1.29 is 83.8 Å². The van der Waals surface area contributed by atoms with Crippen LogP contribution in [-0.2, 0) is 23.7 Å². The molecule has 0 aromatic carbocycles. The Bertz CT molecular complexity index is 3560. The first-order chi connectivity index (χ1) is 54.1. The van der Waals surface area contributed by atoms with Crippen LogP contribution in [0.1, 0.15) is 296 Å². The molecule has 10 rings (SSSR count). The van der Waals surface area contributed by atoms with E-state index in [1.807, 2.05) is 0 Å². The molecule has 17 N–H and O–H groups in total. The van der Waals surface area contributed by atoms with Crippen LogP contribution >= 0.6 is 12.4 Å². The van der Waals surface area contributed by atoms with Gasteiger partial charge in [-0.05, 0) is 322 Å². The molecule has 7 saturated carbocycles. The monoisotopic (exact) mass is 1730 g/mol. The summed E-state index contributed by atoms with van der Waals surface area (Å²) in [6, 6.07) is 1.63. The van der Waals surface area contributed by atoms with E-state index in [1.165, 1.54) is 53.9 Å². The van der Waals surface area contributed by atoms with E-state index in [0.29, 0.717) is 61.4 Å². The maximum atomic E-state index is 12.7. The number of nitrogens with one attached hydrogen (secondary N) is 3. The molecule has 0 spiro atoms. The second kappa shape index (κ2) is 46.8. The van der Waals surface area contributed by atoms with Gasteiger partial charge in [0, 0.05) is 65.3 Å². The fourth-order valence-corrected chi connectivity index (χ4v) is 21.6. The minimum Gasteiger partial charge on any atom is -0.481 e. The lowest BCUT2D eigenvalue weighted by atomic mass is 9.49. The first-order valence-electron chi connectivity index (χ1n) is 42.8. The van der Waals surface area contributed by atoms with Crippen LogP contribution in [0, 0.1) is 97.6 Å². The molecule has 19 atom stereocenters. The van der Waals surface area contributed by atoms with Gasteiger partial charge < -0.3 is 77.0 Å². The zero-order valence-corrected chi connectivity index (χ0v) is 76.3. The molecule has 0 unspecified atom stereocenters. The number of aliphatic imine (C=N–C) groups is 3. The summed E-state index contributed by atoms with van der Waals surface area (Å²) in [4.78, 5) is 70.9. The summed E-state index contributed by atoms with van der Waals surface area (Å²) in [5, 5.41) is 86.9. The molecule has 7 fully saturated rings. The molecule has 29 heteroatoms. The molecule has 0 radical (unpaired) electrons. The van der Waals surface area contributed by atoms with Crippen molar-refractivity contribution in [3.05, 3.63) is 53.9 Å². The van der Waals surface area contributed by atoms with Gasteiger partial charge >= 0.3 is 24.4 Å². The number of fused-ring (bicyclic) bond motifs is 2. The second-order valence-corrected chi connectivity index (χ2v) is 40.5. The van der Waals surface area contributed by atoms with Crippen molar-refractivity contribution in [3.63, 3.8) is 0 Å². The molecule has 700 valence electrons. The summed E-state index contributed by atoms with van der Waals surface area (Å²) < 4.78 is 22.3. The number of alkyl carbamates (subject to hydrolysis) is 3. The zero-order valence-electron chi connectivity index (χ0n) is 75.4. The third kappa shape index (κ3) is 30.5. The number of rotatable bonds is 11. The number of nitrogens with two attached hydrogens (primary N) is 3.